The molecule has 0 radical (unpaired) electrons. The Kier molecular flexibility index (Phi) is 6.55. The molecule has 2 saturated heterocycles. The molecule has 0 atom stereocenters. The summed E-state index contributed by atoms with van der Waals surface area (Å²) in [6.07, 6.45) is 1.88. The van der Waals surface area contributed by atoms with Crippen molar-refractivity contribution in [2.24, 2.45) is 5.92 Å². The third-order valence-electron chi connectivity index (χ3n) is 5.68. The zero-order valence-electron chi connectivity index (χ0n) is 15.9. The lowest BCUT2D eigenvalue weighted by molar-refractivity contribution is 0.109. The number of benzene rings is 1. The summed E-state index contributed by atoms with van der Waals surface area (Å²) in [4.78, 5) is 5.36. The van der Waals surface area contributed by atoms with Crippen molar-refractivity contribution in [1.82, 2.24) is 14.1 Å². The highest BCUT2D eigenvalue weighted by molar-refractivity contribution is 7.89. The van der Waals surface area contributed by atoms with Crippen LogP contribution in [0.3, 0.4) is 0 Å². The van der Waals surface area contributed by atoms with Crippen molar-refractivity contribution < 1.29 is 13.2 Å². The molecule has 7 heteroatoms. The molecule has 1 aromatic carbocycles. The Hall–Kier alpha value is -1.15. The van der Waals surface area contributed by atoms with Crippen LogP contribution in [-0.2, 0) is 10.0 Å². The molecular formula is C19H31N3O3S. The lowest BCUT2D eigenvalue weighted by atomic mass is 9.97. The van der Waals surface area contributed by atoms with Gasteiger partial charge in [-0.3, -0.25) is 0 Å². The summed E-state index contributed by atoms with van der Waals surface area (Å²) < 4.78 is 32.5. The molecule has 0 saturated carbocycles. The van der Waals surface area contributed by atoms with Crippen molar-refractivity contribution in [1.29, 1.82) is 0 Å². The van der Waals surface area contributed by atoms with Gasteiger partial charge < -0.3 is 14.5 Å². The number of likely N-dealkylation sites (N-methyl/N-ethyl adjacent to an activating group) is 1. The maximum absolute atomic E-state index is 12.9. The molecule has 1 aromatic rings. The molecular weight excluding hydrogens is 350 g/mol. The molecule has 2 fully saturated rings. The van der Waals surface area contributed by atoms with Crippen LogP contribution in [0.15, 0.2) is 29.2 Å². The highest BCUT2D eigenvalue weighted by Gasteiger charge is 2.30. The first-order valence-electron chi connectivity index (χ1n) is 9.62. The smallest absolute Gasteiger partial charge is 0.243 e. The van der Waals surface area contributed by atoms with E-state index in [1.54, 1.807) is 35.7 Å². The molecule has 0 spiro atoms. The Bertz CT molecular complexity index is 679. The van der Waals surface area contributed by atoms with Crippen LogP contribution in [0.25, 0.3) is 0 Å². The molecule has 0 amide bonds. The van der Waals surface area contributed by atoms with Gasteiger partial charge >= 0.3 is 0 Å². The number of nitrogens with zero attached hydrogens (tertiary/aromatic N) is 3. The van der Waals surface area contributed by atoms with E-state index in [2.05, 4.69) is 16.7 Å². The predicted molar refractivity (Wildman–Crippen MR) is 103 cm³/mol. The summed E-state index contributed by atoms with van der Waals surface area (Å²) in [5.74, 6) is 1.17. The first-order chi connectivity index (χ1) is 12.5. The van der Waals surface area contributed by atoms with Gasteiger partial charge in [-0.25, -0.2) is 8.42 Å². The van der Waals surface area contributed by atoms with E-state index in [1.807, 2.05) is 0 Å². The van der Waals surface area contributed by atoms with Crippen LogP contribution in [0, 0.1) is 5.92 Å². The molecule has 0 aromatic heterocycles. The summed E-state index contributed by atoms with van der Waals surface area (Å²) in [5, 5.41) is 0. The zero-order chi connectivity index (χ0) is 18.6. The van der Waals surface area contributed by atoms with Crippen molar-refractivity contribution in [2.75, 3.05) is 59.5 Å². The number of sulfonamides is 1. The predicted octanol–water partition coefficient (Wildman–Crippen LogP) is 1.73. The molecule has 2 aliphatic rings. The Morgan fingerprint density at radius 1 is 1.04 bits per heavy atom. The summed E-state index contributed by atoms with van der Waals surface area (Å²) in [5.41, 5.74) is 0. The van der Waals surface area contributed by atoms with E-state index in [0.717, 1.165) is 52.1 Å². The molecule has 0 aliphatic carbocycles. The van der Waals surface area contributed by atoms with Crippen molar-refractivity contribution >= 4 is 10.0 Å². The fourth-order valence-electron chi connectivity index (χ4n) is 3.90. The van der Waals surface area contributed by atoms with Gasteiger partial charge in [0.05, 0.1) is 12.0 Å². The van der Waals surface area contributed by atoms with Gasteiger partial charge in [0.25, 0.3) is 0 Å². The highest BCUT2D eigenvalue weighted by atomic mass is 32.2. The van der Waals surface area contributed by atoms with Crippen molar-refractivity contribution in [3.8, 4) is 5.75 Å². The number of rotatable bonds is 6. The molecule has 26 heavy (non-hydrogen) atoms. The lowest BCUT2D eigenvalue weighted by Gasteiger charge is -2.38. The van der Waals surface area contributed by atoms with Crippen LogP contribution >= 0.6 is 0 Å². The van der Waals surface area contributed by atoms with Crippen molar-refractivity contribution in [2.45, 2.75) is 24.7 Å². The summed E-state index contributed by atoms with van der Waals surface area (Å²) in [6.45, 7) is 10.2. The summed E-state index contributed by atoms with van der Waals surface area (Å²) in [6, 6.07) is 6.75. The Morgan fingerprint density at radius 3 is 2.31 bits per heavy atom. The van der Waals surface area contributed by atoms with Crippen LogP contribution in [0.5, 0.6) is 5.75 Å². The standard InChI is InChI=1S/C19H31N3O3S/c1-3-20-11-13-21(14-12-20)16-17-7-9-22(10-8-17)26(23,24)19-6-4-5-18(15-19)25-2/h4-6,15,17H,3,7-14,16H2,1-2H3. The largest absolute Gasteiger partial charge is 0.497 e. The van der Waals surface area contributed by atoms with Gasteiger partial charge in [-0.2, -0.15) is 4.31 Å². The van der Waals surface area contributed by atoms with E-state index >= 15 is 0 Å². The summed E-state index contributed by atoms with van der Waals surface area (Å²) >= 11 is 0. The molecule has 0 bridgehead atoms. The Morgan fingerprint density at radius 2 is 1.69 bits per heavy atom. The molecule has 0 N–H and O–H groups in total. The fraction of sp³-hybridized carbons (Fsp3) is 0.684. The normalized spacial score (nSPS) is 21.8. The first kappa shape index (κ1) is 19.6. The minimum Gasteiger partial charge on any atom is -0.497 e. The molecule has 2 aliphatic heterocycles. The molecule has 2 heterocycles. The minimum absolute atomic E-state index is 0.325. The number of hydrogen-bond donors (Lipinski definition) is 0. The third kappa shape index (κ3) is 4.57. The van der Waals surface area contributed by atoms with E-state index in [4.69, 9.17) is 4.74 Å². The number of piperidine rings is 1. The van der Waals surface area contributed by atoms with E-state index in [0.29, 0.717) is 29.7 Å². The minimum atomic E-state index is -3.43. The highest BCUT2D eigenvalue weighted by Crippen LogP contribution is 2.26. The van der Waals surface area contributed by atoms with Crippen molar-refractivity contribution in [3.63, 3.8) is 0 Å². The van der Waals surface area contributed by atoms with Gasteiger partial charge in [-0.15, -0.1) is 0 Å². The van der Waals surface area contributed by atoms with E-state index in [9.17, 15) is 8.42 Å². The van der Waals surface area contributed by atoms with Crippen molar-refractivity contribution in [3.05, 3.63) is 24.3 Å². The maximum atomic E-state index is 12.9. The fourth-order valence-corrected chi connectivity index (χ4v) is 5.40. The van der Waals surface area contributed by atoms with E-state index in [1.165, 1.54) is 0 Å². The van der Waals surface area contributed by atoms with Gasteiger partial charge in [0.1, 0.15) is 5.75 Å². The molecule has 3 rings (SSSR count). The van der Waals surface area contributed by atoms with Crippen LogP contribution in [-0.4, -0.2) is 82.0 Å². The second kappa shape index (κ2) is 8.69. The topological polar surface area (TPSA) is 53.1 Å². The number of hydrogen-bond acceptors (Lipinski definition) is 5. The second-order valence-electron chi connectivity index (χ2n) is 7.26. The second-order valence-corrected chi connectivity index (χ2v) is 9.20. The average molecular weight is 382 g/mol. The SMILES string of the molecule is CCN1CCN(CC2CCN(S(=O)(=O)c3cccc(OC)c3)CC2)CC1. The average Bonchev–Trinajstić information content (AvgIpc) is 2.69. The van der Waals surface area contributed by atoms with Gasteiger partial charge in [-0.05, 0) is 37.4 Å². The van der Waals surface area contributed by atoms with Gasteiger partial charge in [0.15, 0.2) is 0 Å². The summed E-state index contributed by atoms with van der Waals surface area (Å²) in [7, 11) is -1.88. The van der Waals surface area contributed by atoms with E-state index < -0.39 is 10.0 Å². The lowest BCUT2D eigenvalue weighted by Crippen LogP contribution is -2.49. The monoisotopic (exact) mass is 381 g/mol. The van der Waals surface area contributed by atoms with Gasteiger partial charge in [0.2, 0.25) is 10.0 Å². The number of methoxy groups -OCH3 is 1. The van der Waals surface area contributed by atoms with Crippen LogP contribution in [0.1, 0.15) is 19.8 Å². The molecule has 146 valence electrons. The zero-order valence-corrected chi connectivity index (χ0v) is 16.7. The molecule has 6 nitrogen and oxygen atoms in total. The van der Waals surface area contributed by atoms with E-state index in [-0.39, 0.29) is 0 Å². The third-order valence-corrected chi connectivity index (χ3v) is 7.58. The quantitative estimate of drug-likeness (QED) is 0.751. The number of ether oxygens (including phenoxy) is 1. The van der Waals surface area contributed by atoms with Crippen LogP contribution < -0.4 is 4.74 Å². The Balaban J connectivity index is 1.53. The van der Waals surface area contributed by atoms with Crippen LogP contribution in [0.4, 0.5) is 0 Å². The first-order valence-corrected chi connectivity index (χ1v) is 11.1. The number of piperazine rings is 1. The maximum Gasteiger partial charge on any atom is 0.243 e. The van der Waals surface area contributed by atoms with Gasteiger partial charge in [-0.1, -0.05) is 13.0 Å². The Labute approximate surface area is 157 Å². The molecule has 0 unspecified atom stereocenters. The van der Waals surface area contributed by atoms with Crippen LogP contribution in [0.2, 0.25) is 0 Å². The van der Waals surface area contributed by atoms with Gasteiger partial charge in [0, 0.05) is 51.9 Å².